The van der Waals surface area contributed by atoms with Gasteiger partial charge in [-0.2, -0.15) is 0 Å². The first-order chi connectivity index (χ1) is 9.11. The third kappa shape index (κ3) is 3.71. The second-order valence-corrected chi connectivity index (χ2v) is 6.17. The minimum atomic E-state index is 0.0311. The van der Waals surface area contributed by atoms with Crippen molar-refractivity contribution in [3.05, 3.63) is 33.3 Å². The van der Waals surface area contributed by atoms with E-state index in [1.807, 2.05) is 4.90 Å². The van der Waals surface area contributed by atoms with Crippen LogP contribution in [0.4, 0.5) is 0 Å². The molecular formula is C14H17BrClNO2. The average Bonchev–Trinajstić information content (AvgIpc) is 2.82. The molecule has 3 nitrogen and oxygen atoms in total. The van der Waals surface area contributed by atoms with Gasteiger partial charge in [0.05, 0.1) is 0 Å². The van der Waals surface area contributed by atoms with Crippen molar-refractivity contribution < 1.29 is 9.90 Å². The van der Waals surface area contributed by atoms with Gasteiger partial charge in [0.25, 0.3) is 5.91 Å². The Kier molecular flexibility index (Phi) is 5.25. The lowest BCUT2D eigenvalue weighted by Crippen LogP contribution is -2.35. The number of hydrogen-bond acceptors (Lipinski definition) is 2. The zero-order valence-electron chi connectivity index (χ0n) is 10.6. The highest BCUT2D eigenvalue weighted by atomic mass is 79.9. The fraction of sp³-hybridized carbons (Fsp3) is 0.500. The topological polar surface area (TPSA) is 40.5 Å². The zero-order valence-corrected chi connectivity index (χ0v) is 13.0. The highest BCUT2D eigenvalue weighted by Crippen LogP contribution is 2.26. The molecule has 1 saturated heterocycles. The number of aliphatic hydroxyl groups is 1. The number of rotatable bonds is 4. The molecule has 0 radical (unpaired) electrons. The quantitative estimate of drug-likeness (QED) is 0.907. The molecule has 0 aliphatic carbocycles. The summed E-state index contributed by atoms with van der Waals surface area (Å²) in [6.07, 6.45) is 3.66. The highest BCUT2D eigenvalue weighted by molar-refractivity contribution is 9.10. The van der Waals surface area contributed by atoms with Crippen LogP contribution in [0.2, 0.25) is 5.02 Å². The molecule has 0 aromatic heterocycles. The lowest BCUT2D eigenvalue weighted by Gasteiger charge is -2.24. The van der Waals surface area contributed by atoms with Crippen LogP contribution < -0.4 is 0 Å². The van der Waals surface area contributed by atoms with E-state index in [9.17, 15) is 4.79 Å². The van der Waals surface area contributed by atoms with E-state index in [0.717, 1.165) is 36.7 Å². The number of amides is 1. The van der Waals surface area contributed by atoms with Crippen molar-refractivity contribution in [2.75, 3.05) is 13.2 Å². The number of likely N-dealkylation sites (tertiary alicyclic amines) is 1. The van der Waals surface area contributed by atoms with Gasteiger partial charge in [0.1, 0.15) is 0 Å². The smallest absolute Gasteiger partial charge is 0.254 e. The molecule has 0 spiro atoms. The summed E-state index contributed by atoms with van der Waals surface area (Å²) in [5.41, 5.74) is 0.621. The maximum atomic E-state index is 12.5. The van der Waals surface area contributed by atoms with Crippen LogP contribution in [0.1, 0.15) is 36.0 Å². The highest BCUT2D eigenvalue weighted by Gasteiger charge is 2.29. The van der Waals surface area contributed by atoms with E-state index < -0.39 is 0 Å². The largest absolute Gasteiger partial charge is 0.396 e. The van der Waals surface area contributed by atoms with Gasteiger partial charge >= 0.3 is 0 Å². The number of carbonyl (C=O) groups is 1. The maximum absolute atomic E-state index is 12.5. The van der Waals surface area contributed by atoms with Crippen molar-refractivity contribution in [1.29, 1.82) is 0 Å². The monoisotopic (exact) mass is 345 g/mol. The van der Waals surface area contributed by atoms with Gasteiger partial charge in [0.2, 0.25) is 0 Å². The van der Waals surface area contributed by atoms with Crippen LogP contribution in [0.15, 0.2) is 22.7 Å². The number of halogens is 2. The molecule has 2 rings (SSSR count). The van der Waals surface area contributed by atoms with Crippen LogP contribution in [-0.2, 0) is 0 Å². The van der Waals surface area contributed by atoms with E-state index in [2.05, 4.69) is 15.9 Å². The van der Waals surface area contributed by atoms with Crippen molar-refractivity contribution in [3.8, 4) is 0 Å². The third-order valence-corrected chi connectivity index (χ3v) is 4.12. The first-order valence-corrected chi connectivity index (χ1v) is 7.67. The lowest BCUT2D eigenvalue weighted by molar-refractivity contribution is 0.0724. The van der Waals surface area contributed by atoms with E-state index in [-0.39, 0.29) is 18.6 Å². The SMILES string of the molecule is O=C(c1cc(Cl)cc(Br)c1)N1CCCC1CCCO. The first kappa shape index (κ1) is 14.8. The molecule has 1 heterocycles. The Morgan fingerprint density at radius 3 is 2.95 bits per heavy atom. The van der Waals surface area contributed by atoms with Crippen LogP contribution in [0.5, 0.6) is 0 Å². The zero-order chi connectivity index (χ0) is 13.8. The number of benzene rings is 1. The van der Waals surface area contributed by atoms with Gasteiger partial charge in [-0.15, -0.1) is 0 Å². The van der Waals surface area contributed by atoms with Crippen LogP contribution in [0.3, 0.4) is 0 Å². The number of nitrogens with zero attached hydrogens (tertiary/aromatic N) is 1. The summed E-state index contributed by atoms with van der Waals surface area (Å²) in [5.74, 6) is 0.0311. The lowest BCUT2D eigenvalue weighted by atomic mass is 10.1. The maximum Gasteiger partial charge on any atom is 0.254 e. The molecule has 1 aliphatic heterocycles. The summed E-state index contributed by atoms with van der Waals surface area (Å²) in [6.45, 7) is 0.973. The molecule has 1 aromatic rings. The number of hydrogen-bond donors (Lipinski definition) is 1. The van der Waals surface area contributed by atoms with Gasteiger partial charge in [-0.25, -0.2) is 0 Å². The van der Waals surface area contributed by atoms with Gasteiger partial charge < -0.3 is 10.0 Å². The molecule has 1 N–H and O–H groups in total. The predicted octanol–water partition coefficient (Wildman–Crippen LogP) is 3.48. The molecule has 1 fully saturated rings. The Balaban J connectivity index is 2.13. The van der Waals surface area contributed by atoms with Gasteiger partial charge in [0.15, 0.2) is 0 Å². The van der Waals surface area contributed by atoms with Gasteiger partial charge in [-0.05, 0) is 43.9 Å². The Hall–Kier alpha value is -0.580. The second kappa shape index (κ2) is 6.73. The van der Waals surface area contributed by atoms with E-state index in [4.69, 9.17) is 16.7 Å². The summed E-state index contributed by atoms with van der Waals surface area (Å²) < 4.78 is 0.814. The van der Waals surface area contributed by atoms with Gasteiger partial charge in [0, 0.05) is 34.3 Å². The van der Waals surface area contributed by atoms with Crippen LogP contribution in [0.25, 0.3) is 0 Å². The Morgan fingerprint density at radius 1 is 1.47 bits per heavy atom. The van der Waals surface area contributed by atoms with Crippen molar-refractivity contribution >= 4 is 33.4 Å². The normalized spacial score (nSPS) is 18.9. The molecule has 0 saturated carbocycles. The molecule has 1 amide bonds. The molecule has 1 aliphatic rings. The summed E-state index contributed by atoms with van der Waals surface area (Å²) in [5, 5.41) is 9.47. The molecule has 19 heavy (non-hydrogen) atoms. The summed E-state index contributed by atoms with van der Waals surface area (Å²) in [4.78, 5) is 14.4. The molecule has 1 atom stereocenters. The fourth-order valence-electron chi connectivity index (χ4n) is 2.57. The average molecular weight is 347 g/mol. The van der Waals surface area contributed by atoms with Gasteiger partial charge in [-0.1, -0.05) is 27.5 Å². The van der Waals surface area contributed by atoms with Crippen molar-refractivity contribution in [2.45, 2.75) is 31.7 Å². The van der Waals surface area contributed by atoms with E-state index in [0.29, 0.717) is 10.6 Å². The van der Waals surface area contributed by atoms with Crippen molar-refractivity contribution in [3.63, 3.8) is 0 Å². The summed E-state index contributed by atoms with van der Waals surface area (Å²) >= 11 is 9.35. The van der Waals surface area contributed by atoms with Crippen molar-refractivity contribution in [2.24, 2.45) is 0 Å². The number of carbonyl (C=O) groups excluding carboxylic acids is 1. The van der Waals surface area contributed by atoms with E-state index in [1.54, 1.807) is 18.2 Å². The standard InChI is InChI=1S/C14H17BrClNO2/c15-11-7-10(8-12(16)9-11)14(19)17-5-1-3-13(17)4-2-6-18/h7-9,13,18H,1-6H2. The minimum absolute atomic E-state index is 0.0311. The van der Waals surface area contributed by atoms with Crippen LogP contribution >= 0.6 is 27.5 Å². The van der Waals surface area contributed by atoms with Crippen LogP contribution in [0, 0.1) is 0 Å². The second-order valence-electron chi connectivity index (χ2n) is 4.82. The Morgan fingerprint density at radius 2 is 2.26 bits per heavy atom. The minimum Gasteiger partial charge on any atom is -0.396 e. The Labute approximate surface area is 126 Å². The molecule has 104 valence electrons. The molecular weight excluding hydrogens is 330 g/mol. The number of aliphatic hydroxyl groups excluding tert-OH is 1. The molecule has 5 heteroatoms. The summed E-state index contributed by atoms with van der Waals surface area (Å²) in [6, 6.07) is 5.52. The summed E-state index contributed by atoms with van der Waals surface area (Å²) in [7, 11) is 0. The fourth-order valence-corrected chi connectivity index (χ4v) is 3.43. The third-order valence-electron chi connectivity index (χ3n) is 3.44. The molecule has 1 aromatic carbocycles. The van der Waals surface area contributed by atoms with E-state index in [1.165, 1.54) is 0 Å². The van der Waals surface area contributed by atoms with Crippen LogP contribution in [-0.4, -0.2) is 35.1 Å². The predicted molar refractivity (Wildman–Crippen MR) is 79.5 cm³/mol. The first-order valence-electron chi connectivity index (χ1n) is 6.49. The molecule has 1 unspecified atom stereocenters. The van der Waals surface area contributed by atoms with Gasteiger partial charge in [-0.3, -0.25) is 4.79 Å². The van der Waals surface area contributed by atoms with E-state index >= 15 is 0 Å². The van der Waals surface area contributed by atoms with Crippen molar-refractivity contribution in [1.82, 2.24) is 4.90 Å². The Bertz CT molecular complexity index is 447. The molecule has 0 bridgehead atoms.